The van der Waals surface area contributed by atoms with E-state index in [4.69, 9.17) is 9.47 Å². The molecule has 0 saturated heterocycles. The maximum atomic E-state index is 12.5. The number of carbonyl (C=O) groups excluding carboxylic acids is 1. The van der Waals surface area contributed by atoms with Crippen LogP contribution >= 0.6 is 0 Å². The molecular formula is C22H30N4O3. The van der Waals surface area contributed by atoms with E-state index in [1.54, 1.807) is 20.3 Å². The minimum Gasteiger partial charge on any atom is -0.493 e. The smallest absolute Gasteiger partial charge is 0.270 e. The van der Waals surface area contributed by atoms with Crippen LogP contribution < -0.4 is 20.1 Å². The van der Waals surface area contributed by atoms with Crippen molar-refractivity contribution in [2.24, 2.45) is 0 Å². The number of nitrogens with zero attached hydrogens (tertiary/aromatic N) is 2. The molecule has 2 N–H and O–H groups in total. The molecule has 1 saturated carbocycles. The molecule has 1 fully saturated rings. The Labute approximate surface area is 172 Å². The molecule has 1 heterocycles. The van der Waals surface area contributed by atoms with Crippen LogP contribution in [0.5, 0.6) is 11.5 Å². The van der Waals surface area contributed by atoms with Crippen molar-refractivity contribution < 1.29 is 14.3 Å². The largest absolute Gasteiger partial charge is 0.493 e. The second-order valence-corrected chi connectivity index (χ2v) is 7.32. The van der Waals surface area contributed by atoms with Gasteiger partial charge in [-0.1, -0.05) is 31.7 Å². The highest BCUT2D eigenvalue weighted by molar-refractivity contribution is 5.93. The van der Waals surface area contributed by atoms with Gasteiger partial charge in [0.05, 0.1) is 14.2 Å². The average Bonchev–Trinajstić information content (AvgIpc) is 3.02. The standard InChI is InChI=1S/C22H30N4O3/c1-28-19-10-9-16(13-20(19)29-2)11-12-23-21-14-18(24-15-25-21)22(27)26-17-7-5-3-4-6-8-17/h9-10,13-15,17H,3-8,11-12H2,1-2H3,(H,26,27)(H,23,24,25). The summed E-state index contributed by atoms with van der Waals surface area (Å²) >= 11 is 0. The molecule has 0 unspecified atom stereocenters. The Kier molecular flexibility index (Phi) is 7.67. The number of hydrogen-bond donors (Lipinski definition) is 2. The predicted octanol–water partition coefficient (Wildman–Crippen LogP) is 3.60. The van der Waals surface area contributed by atoms with Crippen molar-refractivity contribution in [1.29, 1.82) is 0 Å². The van der Waals surface area contributed by atoms with E-state index in [2.05, 4.69) is 20.6 Å². The Morgan fingerprint density at radius 3 is 2.52 bits per heavy atom. The molecule has 0 radical (unpaired) electrons. The first-order valence-electron chi connectivity index (χ1n) is 10.3. The summed E-state index contributed by atoms with van der Waals surface area (Å²) in [6.45, 7) is 0.677. The van der Waals surface area contributed by atoms with Crippen LogP contribution in [0.2, 0.25) is 0 Å². The van der Waals surface area contributed by atoms with Crippen molar-refractivity contribution in [3.05, 3.63) is 41.9 Å². The number of anilines is 1. The van der Waals surface area contributed by atoms with Crippen LogP contribution in [0.1, 0.15) is 54.6 Å². The quantitative estimate of drug-likeness (QED) is 0.661. The monoisotopic (exact) mass is 398 g/mol. The summed E-state index contributed by atoms with van der Waals surface area (Å²) in [7, 11) is 3.25. The summed E-state index contributed by atoms with van der Waals surface area (Å²) in [5.41, 5.74) is 1.52. The van der Waals surface area contributed by atoms with Crippen molar-refractivity contribution >= 4 is 11.7 Å². The minimum absolute atomic E-state index is 0.123. The van der Waals surface area contributed by atoms with Crippen LogP contribution in [-0.4, -0.2) is 42.7 Å². The Morgan fingerprint density at radius 1 is 1.03 bits per heavy atom. The lowest BCUT2D eigenvalue weighted by atomic mass is 10.1. The Hall–Kier alpha value is -2.83. The van der Waals surface area contributed by atoms with Gasteiger partial charge in [0.1, 0.15) is 17.8 Å². The number of rotatable bonds is 8. The fourth-order valence-electron chi connectivity index (χ4n) is 3.63. The fraction of sp³-hybridized carbons (Fsp3) is 0.500. The van der Waals surface area contributed by atoms with Crippen molar-refractivity contribution in [2.45, 2.75) is 51.0 Å². The highest BCUT2D eigenvalue weighted by Gasteiger charge is 2.17. The summed E-state index contributed by atoms with van der Waals surface area (Å²) in [5, 5.41) is 6.39. The first-order chi connectivity index (χ1) is 14.2. The summed E-state index contributed by atoms with van der Waals surface area (Å²) in [4.78, 5) is 20.9. The van der Waals surface area contributed by atoms with Crippen LogP contribution in [0.3, 0.4) is 0 Å². The van der Waals surface area contributed by atoms with Gasteiger partial charge >= 0.3 is 0 Å². The summed E-state index contributed by atoms with van der Waals surface area (Å²) in [5.74, 6) is 1.95. The third kappa shape index (κ3) is 6.07. The lowest BCUT2D eigenvalue weighted by Crippen LogP contribution is -2.35. The van der Waals surface area contributed by atoms with Crippen molar-refractivity contribution in [3.8, 4) is 11.5 Å². The van der Waals surface area contributed by atoms with Crippen LogP contribution in [0.15, 0.2) is 30.6 Å². The molecule has 1 aromatic heterocycles. The van der Waals surface area contributed by atoms with E-state index in [1.165, 1.54) is 32.0 Å². The number of nitrogens with one attached hydrogen (secondary N) is 2. The number of aromatic nitrogens is 2. The summed E-state index contributed by atoms with van der Waals surface area (Å²) < 4.78 is 10.6. The van der Waals surface area contributed by atoms with Crippen molar-refractivity contribution in [3.63, 3.8) is 0 Å². The zero-order chi connectivity index (χ0) is 20.5. The summed E-state index contributed by atoms with van der Waals surface area (Å²) in [6.07, 6.45) is 9.19. The number of carbonyl (C=O) groups is 1. The molecule has 3 rings (SSSR count). The second-order valence-electron chi connectivity index (χ2n) is 7.32. The number of benzene rings is 1. The molecule has 1 amide bonds. The van der Waals surface area contributed by atoms with Gasteiger partial charge in [-0.25, -0.2) is 9.97 Å². The van der Waals surface area contributed by atoms with Gasteiger partial charge in [0.25, 0.3) is 5.91 Å². The van der Waals surface area contributed by atoms with Crippen LogP contribution in [-0.2, 0) is 6.42 Å². The van der Waals surface area contributed by atoms with Gasteiger partial charge in [-0.3, -0.25) is 4.79 Å². The number of methoxy groups -OCH3 is 2. The molecule has 0 atom stereocenters. The Morgan fingerprint density at radius 2 is 1.79 bits per heavy atom. The van der Waals surface area contributed by atoms with E-state index < -0.39 is 0 Å². The zero-order valence-electron chi connectivity index (χ0n) is 17.2. The van der Waals surface area contributed by atoms with Gasteiger partial charge in [-0.05, 0) is 37.0 Å². The van der Waals surface area contributed by atoms with E-state index >= 15 is 0 Å². The van der Waals surface area contributed by atoms with Crippen LogP contribution in [0.25, 0.3) is 0 Å². The van der Waals surface area contributed by atoms with Crippen LogP contribution in [0, 0.1) is 0 Å². The minimum atomic E-state index is -0.123. The molecule has 0 aliphatic heterocycles. The first-order valence-corrected chi connectivity index (χ1v) is 10.3. The predicted molar refractivity (Wildman–Crippen MR) is 113 cm³/mol. The van der Waals surface area contributed by atoms with E-state index in [0.717, 1.165) is 24.8 Å². The molecule has 1 aliphatic rings. The van der Waals surface area contributed by atoms with Gasteiger partial charge in [0, 0.05) is 18.7 Å². The SMILES string of the molecule is COc1ccc(CCNc2cc(C(=O)NC3CCCCCC3)ncn2)cc1OC. The molecule has 29 heavy (non-hydrogen) atoms. The van der Waals surface area contributed by atoms with Gasteiger partial charge in [-0.15, -0.1) is 0 Å². The third-order valence-electron chi connectivity index (χ3n) is 5.26. The molecule has 2 aromatic rings. The van der Waals surface area contributed by atoms with Gasteiger partial charge in [-0.2, -0.15) is 0 Å². The maximum absolute atomic E-state index is 12.5. The normalized spacial score (nSPS) is 14.7. The van der Waals surface area contributed by atoms with Gasteiger partial charge in [0.15, 0.2) is 11.5 Å². The second kappa shape index (κ2) is 10.6. The molecular weight excluding hydrogens is 368 g/mol. The van der Waals surface area contributed by atoms with E-state index in [9.17, 15) is 4.79 Å². The fourth-order valence-corrected chi connectivity index (χ4v) is 3.63. The van der Waals surface area contributed by atoms with Gasteiger partial charge in [0.2, 0.25) is 0 Å². The Bertz CT molecular complexity index is 804. The molecule has 1 aliphatic carbocycles. The number of amides is 1. The highest BCUT2D eigenvalue weighted by Crippen LogP contribution is 2.27. The average molecular weight is 399 g/mol. The van der Waals surface area contributed by atoms with Crippen molar-refractivity contribution in [2.75, 3.05) is 26.1 Å². The van der Waals surface area contributed by atoms with Crippen molar-refractivity contribution in [1.82, 2.24) is 15.3 Å². The molecule has 0 spiro atoms. The van der Waals surface area contributed by atoms with E-state index in [-0.39, 0.29) is 11.9 Å². The molecule has 7 heteroatoms. The number of ether oxygens (including phenoxy) is 2. The maximum Gasteiger partial charge on any atom is 0.270 e. The van der Waals surface area contributed by atoms with E-state index in [1.807, 2.05) is 18.2 Å². The highest BCUT2D eigenvalue weighted by atomic mass is 16.5. The zero-order valence-corrected chi connectivity index (χ0v) is 17.2. The lowest BCUT2D eigenvalue weighted by Gasteiger charge is -2.16. The topological polar surface area (TPSA) is 85.4 Å². The third-order valence-corrected chi connectivity index (χ3v) is 5.26. The molecule has 156 valence electrons. The lowest BCUT2D eigenvalue weighted by molar-refractivity contribution is 0.0928. The summed E-state index contributed by atoms with van der Waals surface area (Å²) in [6, 6.07) is 7.83. The molecule has 0 bridgehead atoms. The van der Waals surface area contributed by atoms with E-state index in [0.29, 0.717) is 29.6 Å². The van der Waals surface area contributed by atoms with Crippen LogP contribution in [0.4, 0.5) is 5.82 Å². The number of hydrogen-bond acceptors (Lipinski definition) is 6. The molecule has 7 nitrogen and oxygen atoms in total. The Balaban J connectivity index is 1.53. The molecule has 1 aromatic carbocycles. The first kappa shape index (κ1) is 20.9. The van der Waals surface area contributed by atoms with Gasteiger partial charge < -0.3 is 20.1 Å².